The van der Waals surface area contributed by atoms with E-state index in [0.29, 0.717) is 6.04 Å². The molecule has 0 aromatic heterocycles. The minimum atomic E-state index is 0.472. The first-order valence-electron chi connectivity index (χ1n) is 4.98. The molecule has 2 N–H and O–H groups in total. The monoisotopic (exact) mass is 171 g/mol. The zero-order valence-electron chi connectivity index (χ0n) is 8.25. The highest BCUT2D eigenvalue weighted by atomic mass is 16.5. The highest BCUT2D eigenvalue weighted by molar-refractivity contribution is 4.80. The molecule has 0 aliphatic heterocycles. The Kier molecular flexibility index (Phi) is 4.02. The van der Waals surface area contributed by atoms with Crippen molar-refractivity contribution in [3.63, 3.8) is 0 Å². The Labute approximate surface area is 75.5 Å². The van der Waals surface area contributed by atoms with Crippen molar-refractivity contribution in [1.29, 1.82) is 0 Å². The smallest absolute Gasteiger partial charge is 0.0464 e. The zero-order chi connectivity index (χ0) is 8.97. The molecule has 72 valence electrons. The molecule has 0 aromatic rings. The van der Waals surface area contributed by atoms with Gasteiger partial charge in [0, 0.05) is 19.8 Å². The van der Waals surface area contributed by atoms with Crippen molar-refractivity contribution in [3.8, 4) is 0 Å². The van der Waals surface area contributed by atoms with Crippen LogP contribution in [-0.4, -0.2) is 19.8 Å². The molecule has 1 aliphatic carbocycles. The van der Waals surface area contributed by atoms with Crippen LogP contribution in [0.2, 0.25) is 0 Å². The van der Waals surface area contributed by atoms with Crippen molar-refractivity contribution in [2.75, 3.05) is 13.7 Å². The Balaban J connectivity index is 2.18. The molecule has 1 fully saturated rings. The van der Waals surface area contributed by atoms with E-state index in [1.165, 1.54) is 25.7 Å². The zero-order valence-corrected chi connectivity index (χ0v) is 8.25. The maximum atomic E-state index is 5.86. The third-order valence-corrected chi connectivity index (χ3v) is 3.10. The molecule has 0 bridgehead atoms. The van der Waals surface area contributed by atoms with Crippen LogP contribution in [0.15, 0.2) is 0 Å². The lowest BCUT2D eigenvalue weighted by Gasteiger charge is -2.18. The predicted octanol–water partition coefficient (Wildman–Crippen LogP) is 1.79. The van der Waals surface area contributed by atoms with Gasteiger partial charge in [-0.3, -0.25) is 0 Å². The van der Waals surface area contributed by atoms with Crippen LogP contribution < -0.4 is 5.73 Å². The molecule has 0 radical (unpaired) electrons. The van der Waals surface area contributed by atoms with E-state index >= 15 is 0 Å². The first kappa shape index (κ1) is 10.0. The molecular weight excluding hydrogens is 150 g/mol. The summed E-state index contributed by atoms with van der Waals surface area (Å²) in [7, 11) is 1.77. The number of hydrogen-bond donors (Lipinski definition) is 1. The van der Waals surface area contributed by atoms with Crippen LogP contribution in [0.5, 0.6) is 0 Å². The largest absolute Gasteiger partial charge is 0.385 e. The molecule has 2 nitrogen and oxygen atoms in total. The molecule has 0 spiro atoms. The summed E-state index contributed by atoms with van der Waals surface area (Å²) in [5, 5.41) is 0. The Hall–Kier alpha value is -0.0800. The average molecular weight is 171 g/mol. The Morgan fingerprint density at radius 2 is 2.25 bits per heavy atom. The van der Waals surface area contributed by atoms with Gasteiger partial charge in [0.05, 0.1) is 0 Å². The summed E-state index contributed by atoms with van der Waals surface area (Å²) in [4.78, 5) is 0. The average Bonchev–Trinajstić information content (AvgIpc) is 2.47. The van der Waals surface area contributed by atoms with Gasteiger partial charge in [-0.15, -0.1) is 0 Å². The third-order valence-electron chi connectivity index (χ3n) is 3.10. The summed E-state index contributed by atoms with van der Waals surface area (Å²) < 4.78 is 5.07. The van der Waals surface area contributed by atoms with E-state index in [0.717, 1.165) is 18.4 Å². The van der Waals surface area contributed by atoms with Gasteiger partial charge in [-0.1, -0.05) is 6.92 Å². The molecule has 0 aromatic carbocycles. The predicted molar refractivity (Wildman–Crippen MR) is 51.0 cm³/mol. The van der Waals surface area contributed by atoms with E-state index in [1.807, 2.05) is 0 Å². The fraction of sp³-hybridized carbons (Fsp3) is 1.00. The normalized spacial score (nSPS) is 32.2. The Morgan fingerprint density at radius 1 is 1.50 bits per heavy atom. The molecule has 0 heterocycles. The molecule has 0 amide bonds. The second-order valence-corrected chi connectivity index (χ2v) is 4.09. The van der Waals surface area contributed by atoms with E-state index in [1.54, 1.807) is 7.11 Å². The summed E-state index contributed by atoms with van der Waals surface area (Å²) in [6, 6.07) is 0.472. The van der Waals surface area contributed by atoms with Gasteiger partial charge in [0.15, 0.2) is 0 Å². The van der Waals surface area contributed by atoms with Gasteiger partial charge in [0.25, 0.3) is 0 Å². The van der Waals surface area contributed by atoms with Crippen LogP contribution >= 0.6 is 0 Å². The molecule has 2 heteroatoms. The lowest BCUT2D eigenvalue weighted by atomic mass is 9.90. The van der Waals surface area contributed by atoms with E-state index < -0.39 is 0 Å². The molecule has 3 unspecified atom stereocenters. The van der Waals surface area contributed by atoms with Gasteiger partial charge >= 0.3 is 0 Å². The van der Waals surface area contributed by atoms with Gasteiger partial charge in [-0.25, -0.2) is 0 Å². The van der Waals surface area contributed by atoms with Crippen molar-refractivity contribution in [3.05, 3.63) is 0 Å². The Bertz CT molecular complexity index is 127. The quantitative estimate of drug-likeness (QED) is 0.700. The first-order valence-corrected chi connectivity index (χ1v) is 4.98. The van der Waals surface area contributed by atoms with E-state index in [-0.39, 0.29) is 0 Å². The van der Waals surface area contributed by atoms with Crippen molar-refractivity contribution in [2.45, 2.75) is 38.6 Å². The van der Waals surface area contributed by atoms with Gasteiger partial charge in [0.1, 0.15) is 0 Å². The van der Waals surface area contributed by atoms with Crippen LogP contribution in [-0.2, 0) is 4.74 Å². The lowest BCUT2D eigenvalue weighted by molar-refractivity contribution is 0.165. The van der Waals surface area contributed by atoms with Crippen LogP contribution in [0, 0.1) is 11.8 Å². The van der Waals surface area contributed by atoms with Crippen LogP contribution in [0.25, 0.3) is 0 Å². The standard InChI is InChI=1S/C10H21NO/c1-8(5-6-12-2)9-3-4-10(11)7-9/h8-10H,3-7,11H2,1-2H3. The highest BCUT2D eigenvalue weighted by Gasteiger charge is 2.25. The van der Waals surface area contributed by atoms with Gasteiger partial charge in [-0.2, -0.15) is 0 Å². The van der Waals surface area contributed by atoms with Gasteiger partial charge in [0.2, 0.25) is 0 Å². The van der Waals surface area contributed by atoms with E-state index in [2.05, 4.69) is 6.92 Å². The van der Waals surface area contributed by atoms with Crippen molar-refractivity contribution in [2.24, 2.45) is 17.6 Å². The number of hydrogen-bond acceptors (Lipinski definition) is 2. The second-order valence-electron chi connectivity index (χ2n) is 4.09. The van der Waals surface area contributed by atoms with Crippen molar-refractivity contribution in [1.82, 2.24) is 0 Å². The molecule has 1 saturated carbocycles. The maximum Gasteiger partial charge on any atom is 0.0464 e. The van der Waals surface area contributed by atoms with Gasteiger partial charge < -0.3 is 10.5 Å². The summed E-state index contributed by atoms with van der Waals surface area (Å²) in [5.74, 6) is 1.65. The fourth-order valence-electron chi connectivity index (χ4n) is 2.11. The molecule has 0 saturated heterocycles. The van der Waals surface area contributed by atoms with Crippen LogP contribution in [0.4, 0.5) is 0 Å². The number of ether oxygens (including phenoxy) is 1. The fourth-order valence-corrected chi connectivity index (χ4v) is 2.11. The summed E-state index contributed by atoms with van der Waals surface area (Å²) in [6.07, 6.45) is 4.97. The summed E-state index contributed by atoms with van der Waals surface area (Å²) >= 11 is 0. The Morgan fingerprint density at radius 3 is 2.75 bits per heavy atom. The van der Waals surface area contributed by atoms with Crippen LogP contribution in [0.1, 0.15) is 32.6 Å². The minimum Gasteiger partial charge on any atom is -0.385 e. The first-order chi connectivity index (χ1) is 5.74. The van der Waals surface area contributed by atoms with Crippen LogP contribution in [0.3, 0.4) is 0 Å². The van der Waals surface area contributed by atoms with Crippen molar-refractivity contribution < 1.29 is 4.74 Å². The van der Waals surface area contributed by atoms with Gasteiger partial charge in [-0.05, 0) is 37.5 Å². The molecule has 1 rings (SSSR count). The number of rotatable bonds is 4. The maximum absolute atomic E-state index is 5.86. The third kappa shape index (κ3) is 2.76. The van der Waals surface area contributed by atoms with E-state index in [4.69, 9.17) is 10.5 Å². The topological polar surface area (TPSA) is 35.2 Å². The second kappa shape index (κ2) is 4.83. The summed E-state index contributed by atoms with van der Waals surface area (Å²) in [6.45, 7) is 3.22. The molecular formula is C10H21NO. The molecule has 12 heavy (non-hydrogen) atoms. The summed E-state index contributed by atoms with van der Waals surface area (Å²) in [5.41, 5.74) is 5.86. The minimum absolute atomic E-state index is 0.472. The number of methoxy groups -OCH3 is 1. The lowest BCUT2D eigenvalue weighted by Crippen LogP contribution is -2.17. The van der Waals surface area contributed by atoms with E-state index in [9.17, 15) is 0 Å². The SMILES string of the molecule is COCCC(C)C1CCC(N)C1. The van der Waals surface area contributed by atoms with Crippen molar-refractivity contribution >= 4 is 0 Å². The molecule has 3 atom stereocenters. The number of nitrogens with two attached hydrogens (primary N) is 1. The molecule has 1 aliphatic rings. The highest BCUT2D eigenvalue weighted by Crippen LogP contribution is 2.32.